The number of sulfonamides is 1. The lowest BCUT2D eigenvalue weighted by atomic mass is 10.0. The number of aryl methyl sites for hydroxylation is 1. The van der Waals surface area contributed by atoms with Crippen molar-refractivity contribution in [1.29, 1.82) is 0 Å². The summed E-state index contributed by atoms with van der Waals surface area (Å²) in [5, 5.41) is 3.07. The predicted octanol–water partition coefficient (Wildman–Crippen LogP) is 2.97. The van der Waals surface area contributed by atoms with Crippen molar-refractivity contribution in [2.45, 2.75) is 64.4 Å². The lowest BCUT2D eigenvalue weighted by Crippen LogP contribution is -2.38. The summed E-state index contributed by atoms with van der Waals surface area (Å²) in [4.78, 5) is 25.9. The minimum absolute atomic E-state index is 0.0333. The van der Waals surface area contributed by atoms with Crippen LogP contribution in [0.4, 0.5) is 0 Å². The molecule has 0 saturated carbocycles. The van der Waals surface area contributed by atoms with Gasteiger partial charge < -0.3 is 9.88 Å². The Balaban J connectivity index is 2.09. The molecule has 8 heteroatoms. The molecule has 1 aliphatic heterocycles. The number of piperidine rings is 1. The van der Waals surface area contributed by atoms with Crippen LogP contribution in [0.5, 0.6) is 0 Å². The Bertz CT molecular complexity index is 1100. The van der Waals surface area contributed by atoms with Crippen LogP contribution in [0.1, 0.15) is 57.3 Å². The molecule has 1 fully saturated rings. The standard InChI is InChI=1S/C22H31N3O4S/c1-5-16(4)23-22(27)19-14-24(6-2)20-8-7-17(13-18(20)21(19)26)30(28,29)25-11-9-15(3)10-12-25/h7-8,13-16H,5-6,9-12H2,1-4H3,(H,23,27). The minimum Gasteiger partial charge on any atom is -0.349 e. The average Bonchev–Trinajstić information content (AvgIpc) is 2.74. The van der Waals surface area contributed by atoms with Crippen molar-refractivity contribution in [3.05, 3.63) is 40.2 Å². The van der Waals surface area contributed by atoms with Crippen molar-refractivity contribution in [2.24, 2.45) is 5.92 Å². The van der Waals surface area contributed by atoms with E-state index in [1.807, 2.05) is 20.8 Å². The van der Waals surface area contributed by atoms with Gasteiger partial charge >= 0.3 is 0 Å². The molecule has 0 bridgehead atoms. The molecule has 0 radical (unpaired) electrons. The molecule has 0 aliphatic carbocycles. The van der Waals surface area contributed by atoms with Gasteiger partial charge in [-0.15, -0.1) is 0 Å². The van der Waals surface area contributed by atoms with E-state index in [4.69, 9.17) is 0 Å². The summed E-state index contributed by atoms with van der Waals surface area (Å²) in [6.07, 6.45) is 3.96. The van der Waals surface area contributed by atoms with Gasteiger partial charge in [0, 0.05) is 37.3 Å². The maximum atomic E-state index is 13.1. The van der Waals surface area contributed by atoms with Crippen molar-refractivity contribution in [1.82, 2.24) is 14.2 Å². The number of hydrogen-bond donors (Lipinski definition) is 1. The summed E-state index contributed by atoms with van der Waals surface area (Å²) in [7, 11) is -3.68. The Morgan fingerprint density at radius 1 is 1.23 bits per heavy atom. The number of fused-ring (bicyclic) bond motifs is 1. The van der Waals surface area contributed by atoms with Gasteiger partial charge in [0.15, 0.2) is 0 Å². The van der Waals surface area contributed by atoms with E-state index in [0.717, 1.165) is 19.3 Å². The van der Waals surface area contributed by atoms with Crippen molar-refractivity contribution >= 4 is 26.8 Å². The number of benzene rings is 1. The van der Waals surface area contributed by atoms with Gasteiger partial charge in [0.25, 0.3) is 5.91 Å². The number of aromatic nitrogens is 1. The zero-order chi connectivity index (χ0) is 22.1. The summed E-state index contributed by atoms with van der Waals surface area (Å²) in [5.41, 5.74) is 0.208. The zero-order valence-electron chi connectivity index (χ0n) is 18.1. The van der Waals surface area contributed by atoms with Gasteiger partial charge in [0.05, 0.1) is 10.4 Å². The number of amides is 1. The van der Waals surface area contributed by atoms with Crippen LogP contribution >= 0.6 is 0 Å². The van der Waals surface area contributed by atoms with Gasteiger partial charge in [0.2, 0.25) is 15.5 Å². The number of pyridine rings is 1. The molecule has 0 spiro atoms. The third kappa shape index (κ3) is 4.30. The number of carbonyl (C=O) groups is 1. The highest BCUT2D eigenvalue weighted by molar-refractivity contribution is 7.89. The molecule has 1 amide bonds. The highest BCUT2D eigenvalue weighted by Crippen LogP contribution is 2.25. The van der Waals surface area contributed by atoms with Crippen LogP contribution in [-0.4, -0.2) is 42.3 Å². The molecule has 7 nitrogen and oxygen atoms in total. The quantitative estimate of drug-likeness (QED) is 0.759. The fourth-order valence-corrected chi connectivity index (χ4v) is 5.23. The largest absolute Gasteiger partial charge is 0.349 e. The lowest BCUT2D eigenvalue weighted by Gasteiger charge is -2.29. The second-order valence-corrected chi connectivity index (χ2v) is 10.1. The molecule has 1 aromatic carbocycles. The van der Waals surface area contributed by atoms with E-state index in [-0.39, 0.29) is 21.9 Å². The first-order chi connectivity index (χ1) is 14.2. The molecule has 2 heterocycles. The van der Waals surface area contributed by atoms with E-state index >= 15 is 0 Å². The van der Waals surface area contributed by atoms with E-state index < -0.39 is 21.4 Å². The van der Waals surface area contributed by atoms with Crippen molar-refractivity contribution in [3.8, 4) is 0 Å². The Kier molecular flexibility index (Phi) is 6.67. The molecule has 1 aliphatic rings. The maximum absolute atomic E-state index is 13.1. The second-order valence-electron chi connectivity index (χ2n) is 8.21. The van der Waals surface area contributed by atoms with Gasteiger partial charge in [-0.25, -0.2) is 8.42 Å². The maximum Gasteiger partial charge on any atom is 0.256 e. The number of carbonyl (C=O) groups excluding carboxylic acids is 1. The van der Waals surface area contributed by atoms with Gasteiger partial charge in [0.1, 0.15) is 5.56 Å². The van der Waals surface area contributed by atoms with Crippen LogP contribution in [0.25, 0.3) is 10.9 Å². The van der Waals surface area contributed by atoms with E-state index in [9.17, 15) is 18.0 Å². The SMILES string of the molecule is CCC(C)NC(=O)c1cn(CC)c2ccc(S(=O)(=O)N3CCC(C)CC3)cc2c1=O. The third-order valence-electron chi connectivity index (χ3n) is 6.01. The normalized spacial score (nSPS) is 17.2. The lowest BCUT2D eigenvalue weighted by molar-refractivity contribution is 0.0937. The van der Waals surface area contributed by atoms with Gasteiger partial charge in [-0.3, -0.25) is 9.59 Å². The molecular formula is C22H31N3O4S. The van der Waals surface area contributed by atoms with Crippen LogP contribution in [-0.2, 0) is 16.6 Å². The number of rotatable bonds is 6. The number of nitrogens with one attached hydrogen (secondary N) is 1. The molecular weight excluding hydrogens is 402 g/mol. The molecule has 3 rings (SSSR count). The third-order valence-corrected chi connectivity index (χ3v) is 7.90. The van der Waals surface area contributed by atoms with E-state index in [1.165, 1.54) is 10.4 Å². The molecule has 2 aromatic rings. The average molecular weight is 434 g/mol. The molecule has 1 aromatic heterocycles. The van der Waals surface area contributed by atoms with E-state index in [2.05, 4.69) is 12.2 Å². The number of nitrogens with zero attached hydrogens (tertiary/aromatic N) is 2. The first-order valence-electron chi connectivity index (χ1n) is 10.7. The molecule has 1 saturated heterocycles. The molecule has 1 atom stereocenters. The van der Waals surface area contributed by atoms with E-state index in [0.29, 0.717) is 31.1 Å². The monoisotopic (exact) mass is 433 g/mol. The van der Waals surface area contributed by atoms with Gasteiger partial charge in [-0.2, -0.15) is 4.31 Å². The fourth-order valence-electron chi connectivity index (χ4n) is 3.74. The Morgan fingerprint density at radius 3 is 2.50 bits per heavy atom. The highest BCUT2D eigenvalue weighted by atomic mass is 32.2. The van der Waals surface area contributed by atoms with Gasteiger partial charge in [-0.1, -0.05) is 13.8 Å². The fraction of sp³-hybridized carbons (Fsp3) is 0.545. The molecule has 1 unspecified atom stereocenters. The topological polar surface area (TPSA) is 88.5 Å². The summed E-state index contributed by atoms with van der Waals surface area (Å²) in [6, 6.07) is 4.59. The highest BCUT2D eigenvalue weighted by Gasteiger charge is 2.29. The Hall–Kier alpha value is -2.19. The summed E-state index contributed by atoms with van der Waals surface area (Å²) >= 11 is 0. The zero-order valence-corrected chi connectivity index (χ0v) is 19.0. The van der Waals surface area contributed by atoms with Gasteiger partial charge in [-0.05, 0) is 57.2 Å². The molecule has 164 valence electrons. The van der Waals surface area contributed by atoms with Crippen LogP contribution < -0.4 is 10.7 Å². The first kappa shape index (κ1) is 22.5. The van der Waals surface area contributed by atoms with Crippen LogP contribution in [0, 0.1) is 5.92 Å². The Labute approximate surface area is 178 Å². The minimum atomic E-state index is -3.68. The number of hydrogen-bond acceptors (Lipinski definition) is 4. The van der Waals surface area contributed by atoms with E-state index in [1.54, 1.807) is 22.9 Å². The summed E-state index contributed by atoms with van der Waals surface area (Å²) in [6.45, 7) is 9.39. The van der Waals surface area contributed by atoms with Crippen LogP contribution in [0.2, 0.25) is 0 Å². The van der Waals surface area contributed by atoms with Crippen LogP contribution in [0.15, 0.2) is 34.1 Å². The van der Waals surface area contributed by atoms with Crippen LogP contribution in [0.3, 0.4) is 0 Å². The second kappa shape index (κ2) is 8.89. The molecule has 1 N–H and O–H groups in total. The Morgan fingerprint density at radius 2 is 1.90 bits per heavy atom. The molecule has 30 heavy (non-hydrogen) atoms. The summed E-state index contributed by atoms with van der Waals surface area (Å²) in [5.74, 6) is 0.0770. The van der Waals surface area contributed by atoms with Crippen molar-refractivity contribution in [3.63, 3.8) is 0 Å². The van der Waals surface area contributed by atoms with Crippen molar-refractivity contribution in [2.75, 3.05) is 13.1 Å². The van der Waals surface area contributed by atoms with Crippen molar-refractivity contribution < 1.29 is 13.2 Å². The smallest absolute Gasteiger partial charge is 0.256 e. The first-order valence-corrected chi connectivity index (χ1v) is 12.1. The predicted molar refractivity (Wildman–Crippen MR) is 118 cm³/mol. The summed E-state index contributed by atoms with van der Waals surface area (Å²) < 4.78 is 29.6.